The third-order valence-corrected chi connectivity index (χ3v) is 16.3. The van der Waals surface area contributed by atoms with Gasteiger partial charge in [-0.3, -0.25) is 0 Å². The highest BCUT2D eigenvalue weighted by atomic mass is 28.3. The molecule has 0 heterocycles. The number of hydrogen-bond donors (Lipinski definition) is 0. The maximum atomic E-state index is 2.57. The van der Waals surface area contributed by atoms with E-state index in [1.807, 2.05) is 0 Å². The number of anilines is 3. The molecular weight excluding hydrogens is 539 g/mol. The van der Waals surface area contributed by atoms with Crippen molar-refractivity contribution in [2.45, 2.75) is 74.8 Å². The Balaban J connectivity index is 2.36. The van der Waals surface area contributed by atoms with Gasteiger partial charge in [0.05, 0.1) is 0 Å². The molecule has 1 aliphatic carbocycles. The standard InChI is InChI=1S/C39H55N3Si/c1-23-20-36(26(4)17-33(23)40(11)12)43(39-31(9)29(7)30(8)32(39)10,37-21-24(2)34(41(13)14)18-27(37)5)38-22-25(3)35(42(15)16)19-28(38)6/h17-22,39H,1-16H3. The Bertz CT molecular complexity index is 1470. The minimum absolute atomic E-state index is 0.336. The van der Waals surface area contributed by atoms with Crippen molar-refractivity contribution >= 4 is 40.7 Å². The maximum Gasteiger partial charge on any atom is 0.160 e. The van der Waals surface area contributed by atoms with E-state index in [4.69, 9.17) is 0 Å². The van der Waals surface area contributed by atoms with Gasteiger partial charge in [0.15, 0.2) is 8.07 Å². The molecule has 0 fully saturated rings. The molecule has 0 aliphatic heterocycles. The number of hydrogen-bond acceptors (Lipinski definition) is 3. The SMILES string of the molecule is CC1=C(C)C([Si](c2cc(C)c(N(C)C)cc2C)(c2cc(C)c(N(C)C)cc2C)c2cc(C)c(N(C)C)cc2C)C(C)=C1C. The van der Waals surface area contributed by atoms with Gasteiger partial charge in [-0.1, -0.05) is 29.3 Å². The average molecular weight is 594 g/mol. The van der Waals surface area contributed by atoms with Crippen molar-refractivity contribution in [3.05, 3.63) is 92.1 Å². The molecule has 0 aromatic heterocycles. The Hall–Kier alpha value is -3.24. The van der Waals surface area contributed by atoms with Crippen LogP contribution < -0.4 is 30.3 Å². The van der Waals surface area contributed by atoms with Gasteiger partial charge in [-0.15, -0.1) is 0 Å². The average Bonchev–Trinajstić information content (AvgIpc) is 3.11. The van der Waals surface area contributed by atoms with Crippen LogP contribution in [0.2, 0.25) is 5.54 Å². The first-order valence-corrected chi connectivity index (χ1v) is 17.8. The van der Waals surface area contributed by atoms with Crippen molar-refractivity contribution < 1.29 is 0 Å². The minimum Gasteiger partial charge on any atom is -0.377 e. The fourth-order valence-electron chi connectivity index (χ4n) is 8.02. The van der Waals surface area contributed by atoms with Crippen molar-refractivity contribution in [2.24, 2.45) is 0 Å². The molecule has 0 saturated heterocycles. The Morgan fingerprint density at radius 3 is 0.884 bits per heavy atom. The lowest BCUT2D eigenvalue weighted by atomic mass is 10.1. The molecule has 3 aromatic carbocycles. The van der Waals surface area contributed by atoms with Crippen LogP contribution >= 0.6 is 0 Å². The van der Waals surface area contributed by atoms with Crippen LogP contribution in [0.3, 0.4) is 0 Å². The number of aryl methyl sites for hydroxylation is 6. The van der Waals surface area contributed by atoms with Gasteiger partial charge in [-0.2, -0.15) is 0 Å². The highest BCUT2D eigenvalue weighted by Gasteiger charge is 2.52. The normalized spacial score (nSPS) is 14.2. The Morgan fingerprint density at radius 1 is 0.395 bits per heavy atom. The molecule has 0 spiro atoms. The molecule has 4 heteroatoms. The van der Waals surface area contributed by atoms with Crippen LogP contribution in [-0.2, 0) is 0 Å². The van der Waals surface area contributed by atoms with E-state index in [-0.39, 0.29) is 0 Å². The number of allylic oxidation sites excluding steroid dienone is 4. The lowest BCUT2D eigenvalue weighted by molar-refractivity contribution is 1.08. The van der Waals surface area contributed by atoms with Gasteiger partial charge in [0, 0.05) is 64.9 Å². The third-order valence-electron chi connectivity index (χ3n) is 10.4. The molecule has 0 unspecified atom stereocenters. The molecule has 0 N–H and O–H groups in total. The molecule has 0 bridgehead atoms. The van der Waals surface area contributed by atoms with E-state index in [0.29, 0.717) is 5.54 Å². The fourth-order valence-corrected chi connectivity index (χ4v) is 15.0. The zero-order valence-corrected chi connectivity index (χ0v) is 30.9. The summed E-state index contributed by atoms with van der Waals surface area (Å²) in [6, 6.07) is 15.1. The van der Waals surface area contributed by atoms with Crippen LogP contribution in [-0.4, -0.2) is 50.4 Å². The van der Waals surface area contributed by atoms with Crippen LogP contribution in [0.5, 0.6) is 0 Å². The van der Waals surface area contributed by atoms with E-state index < -0.39 is 8.07 Å². The largest absolute Gasteiger partial charge is 0.377 e. The van der Waals surface area contributed by atoms with Crippen molar-refractivity contribution in [1.29, 1.82) is 0 Å². The maximum absolute atomic E-state index is 2.77. The van der Waals surface area contributed by atoms with Crippen molar-refractivity contribution in [1.82, 2.24) is 0 Å². The highest BCUT2D eigenvalue weighted by Crippen LogP contribution is 2.47. The van der Waals surface area contributed by atoms with Gasteiger partial charge >= 0.3 is 0 Å². The molecule has 0 amide bonds. The van der Waals surface area contributed by atoms with E-state index >= 15 is 0 Å². The van der Waals surface area contributed by atoms with Crippen LogP contribution in [0.15, 0.2) is 58.7 Å². The van der Waals surface area contributed by atoms with E-state index in [0.717, 1.165) is 0 Å². The zero-order valence-electron chi connectivity index (χ0n) is 29.9. The number of rotatable bonds is 7. The first-order chi connectivity index (χ1) is 20.0. The van der Waals surface area contributed by atoms with E-state index in [1.54, 1.807) is 15.6 Å². The highest BCUT2D eigenvalue weighted by molar-refractivity contribution is 7.13. The predicted octanol–water partition coefficient (Wildman–Crippen LogP) is 7.26. The lowest BCUT2D eigenvalue weighted by Gasteiger charge is -2.44. The Labute approximate surface area is 263 Å². The number of nitrogens with zero attached hydrogens (tertiary/aromatic N) is 3. The minimum atomic E-state index is -2.77. The fraction of sp³-hybridized carbons (Fsp3) is 0.436. The second kappa shape index (κ2) is 11.7. The Kier molecular flexibility index (Phi) is 8.88. The molecule has 43 heavy (non-hydrogen) atoms. The summed E-state index contributed by atoms with van der Waals surface area (Å²) < 4.78 is 0. The summed E-state index contributed by atoms with van der Waals surface area (Å²) in [5.74, 6) is 0. The zero-order chi connectivity index (χ0) is 32.3. The van der Waals surface area contributed by atoms with Gasteiger partial charge < -0.3 is 14.7 Å². The predicted molar refractivity (Wildman–Crippen MR) is 196 cm³/mol. The van der Waals surface area contributed by atoms with Gasteiger partial charge in [-0.25, -0.2) is 0 Å². The molecular formula is C39H55N3Si. The molecule has 0 radical (unpaired) electrons. The summed E-state index contributed by atoms with van der Waals surface area (Å²) >= 11 is 0. The van der Waals surface area contributed by atoms with E-state index in [1.165, 1.54) is 72.7 Å². The summed E-state index contributed by atoms with van der Waals surface area (Å²) in [4.78, 5) is 6.79. The van der Waals surface area contributed by atoms with Crippen LogP contribution in [0.1, 0.15) is 61.1 Å². The Morgan fingerprint density at radius 2 is 0.651 bits per heavy atom. The van der Waals surface area contributed by atoms with Crippen LogP contribution in [0.25, 0.3) is 0 Å². The molecule has 4 rings (SSSR count). The molecule has 3 nitrogen and oxygen atoms in total. The molecule has 230 valence electrons. The molecule has 1 aliphatic rings. The lowest BCUT2D eigenvalue weighted by Crippen LogP contribution is -2.72. The first-order valence-electron chi connectivity index (χ1n) is 15.7. The topological polar surface area (TPSA) is 9.72 Å². The van der Waals surface area contributed by atoms with Crippen molar-refractivity contribution in [2.75, 3.05) is 57.0 Å². The number of benzene rings is 3. The van der Waals surface area contributed by atoms with Crippen molar-refractivity contribution in [3.8, 4) is 0 Å². The second-order valence-corrected chi connectivity index (χ2v) is 17.7. The van der Waals surface area contributed by atoms with E-state index in [9.17, 15) is 0 Å². The quantitative estimate of drug-likeness (QED) is 0.211. The van der Waals surface area contributed by atoms with Gasteiger partial charge in [0.2, 0.25) is 0 Å². The molecule has 0 saturated carbocycles. The van der Waals surface area contributed by atoms with Gasteiger partial charge in [-0.05, 0) is 148 Å². The van der Waals surface area contributed by atoms with Crippen LogP contribution in [0.4, 0.5) is 17.1 Å². The second-order valence-electron chi connectivity index (χ2n) is 13.9. The summed E-state index contributed by atoms with van der Waals surface area (Å²) in [6.07, 6.45) is 0. The molecule has 3 aromatic rings. The third kappa shape index (κ3) is 5.16. The van der Waals surface area contributed by atoms with E-state index in [2.05, 4.69) is 163 Å². The van der Waals surface area contributed by atoms with Crippen LogP contribution in [0, 0.1) is 41.5 Å². The smallest absolute Gasteiger partial charge is 0.160 e. The van der Waals surface area contributed by atoms with Gasteiger partial charge in [0.25, 0.3) is 0 Å². The first kappa shape index (κ1) is 32.7. The summed E-state index contributed by atoms with van der Waals surface area (Å²) in [5, 5.41) is 4.63. The van der Waals surface area contributed by atoms with Crippen molar-refractivity contribution in [3.63, 3.8) is 0 Å². The molecule has 0 atom stereocenters. The summed E-state index contributed by atoms with van der Waals surface area (Å²) in [7, 11) is 10.2. The summed E-state index contributed by atoms with van der Waals surface area (Å²) in [6.45, 7) is 23.5. The monoisotopic (exact) mass is 593 g/mol. The van der Waals surface area contributed by atoms with Gasteiger partial charge in [0.1, 0.15) is 0 Å². The summed E-state index contributed by atoms with van der Waals surface area (Å²) in [5.41, 5.74) is 18.5.